The molecular weight excluding hydrogens is 260 g/mol. The maximum Gasteiger partial charge on any atom is 0.142 e. The Bertz CT molecular complexity index is 531. The summed E-state index contributed by atoms with van der Waals surface area (Å²) in [6.45, 7) is 1.35. The molecule has 0 saturated carbocycles. The van der Waals surface area contributed by atoms with Crippen molar-refractivity contribution in [2.75, 3.05) is 30.8 Å². The van der Waals surface area contributed by atoms with Gasteiger partial charge < -0.3 is 15.4 Å². The van der Waals surface area contributed by atoms with Gasteiger partial charge in [-0.15, -0.1) is 0 Å². The van der Waals surface area contributed by atoms with Crippen LogP contribution in [0.2, 0.25) is 5.02 Å². The van der Waals surface area contributed by atoms with Crippen molar-refractivity contribution < 1.29 is 4.74 Å². The molecule has 19 heavy (non-hydrogen) atoms. The van der Waals surface area contributed by atoms with Crippen LogP contribution in [0.4, 0.5) is 11.4 Å². The summed E-state index contributed by atoms with van der Waals surface area (Å²) in [6, 6.07) is 15.4. The van der Waals surface area contributed by atoms with Crippen molar-refractivity contribution in [3.05, 3.63) is 53.6 Å². The van der Waals surface area contributed by atoms with E-state index >= 15 is 0 Å². The summed E-state index contributed by atoms with van der Waals surface area (Å²) in [4.78, 5) is 2.13. The first-order valence-corrected chi connectivity index (χ1v) is 6.48. The van der Waals surface area contributed by atoms with Crippen LogP contribution in [-0.4, -0.2) is 20.2 Å². The summed E-state index contributed by atoms with van der Waals surface area (Å²) < 4.78 is 5.66. The molecule has 0 heterocycles. The SMILES string of the molecule is CN(CCOc1ccc(Cl)cc1N)c1ccccc1. The zero-order valence-corrected chi connectivity index (χ0v) is 11.6. The average molecular weight is 277 g/mol. The standard InChI is InChI=1S/C15H17ClN2O/c1-18(13-5-3-2-4-6-13)9-10-19-15-8-7-12(16)11-14(15)17/h2-8,11H,9-10,17H2,1H3. The summed E-state index contributed by atoms with van der Waals surface area (Å²) in [5.41, 5.74) is 7.55. The lowest BCUT2D eigenvalue weighted by molar-refractivity contribution is 0.327. The maximum absolute atomic E-state index is 5.84. The van der Waals surface area contributed by atoms with Crippen LogP contribution in [0.1, 0.15) is 0 Å². The van der Waals surface area contributed by atoms with Crippen molar-refractivity contribution in [3.8, 4) is 5.75 Å². The number of hydrogen-bond acceptors (Lipinski definition) is 3. The summed E-state index contributed by atoms with van der Waals surface area (Å²) in [6.07, 6.45) is 0. The van der Waals surface area contributed by atoms with Crippen molar-refractivity contribution >= 4 is 23.0 Å². The lowest BCUT2D eigenvalue weighted by atomic mass is 10.3. The Morgan fingerprint density at radius 1 is 1.16 bits per heavy atom. The molecule has 0 fully saturated rings. The molecule has 3 nitrogen and oxygen atoms in total. The maximum atomic E-state index is 5.84. The van der Waals surface area contributed by atoms with Crippen molar-refractivity contribution in [2.45, 2.75) is 0 Å². The second-order valence-electron chi connectivity index (χ2n) is 4.29. The third kappa shape index (κ3) is 3.80. The minimum atomic E-state index is 0.565. The molecule has 0 saturated heterocycles. The number of halogens is 1. The highest BCUT2D eigenvalue weighted by Gasteiger charge is 2.03. The molecule has 0 bridgehead atoms. The minimum absolute atomic E-state index is 0.565. The number of anilines is 2. The Kier molecular flexibility index (Phi) is 4.53. The van der Waals surface area contributed by atoms with Gasteiger partial charge in [0.2, 0.25) is 0 Å². The van der Waals surface area contributed by atoms with Gasteiger partial charge in [-0.05, 0) is 30.3 Å². The van der Waals surface area contributed by atoms with Crippen molar-refractivity contribution in [2.24, 2.45) is 0 Å². The molecule has 2 aromatic rings. The quantitative estimate of drug-likeness (QED) is 0.850. The number of nitrogen functional groups attached to an aromatic ring is 1. The molecular formula is C15H17ClN2O. The van der Waals surface area contributed by atoms with Crippen molar-refractivity contribution in [3.63, 3.8) is 0 Å². The fourth-order valence-electron chi connectivity index (χ4n) is 1.75. The number of ether oxygens (including phenoxy) is 1. The van der Waals surface area contributed by atoms with Gasteiger partial charge in [-0.25, -0.2) is 0 Å². The van der Waals surface area contributed by atoms with E-state index in [-0.39, 0.29) is 0 Å². The van der Waals surface area contributed by atoms with Gasteiger partial charge in [-0.3, -0.25) is 0 Å². The average Bonchev–Trinajstić information content (AvgIpc) is 2.42. The van der Waals surface area contributed by atoms with Crippen LogP contribution >= 0.6 is 11.6 Å². The zero-order chi connectivity index (χ0) is 13.7. The van der Waals surface area contributed by atoms with Gasteiger partial charge in [0.25, 0.3) is 0 Å². The van der Waals surface area contributed by atoms with Crippen LogP contribution in [0.25, 0.3) is 0 Å². The van der Waals surface area contributed by atoms with Crippen molar-refractivity contribution in [1.29, 1.82) is 0 Å². The van der Waals surface area contributed by atoms with Gasteiger partial charge in [0.05, 0.1) is 12.2 Å². The molecule has 4 heteroatoms. The first-order valence-electron chi connectivity index (χ1n) is 6.11. The van der Waals surface area contributed by atoms with E-state index in [4.69, 9.17) is 22.1 Å². The van der Waals surface area contributed by atoms with Crippen LogP contribution in [0.15, 0.2) is 48.5 Å². The van der Waals surface area contributed by atoms with E-state index in [1.807, 2.05) is 25.2 Å². The Labute approximate surface area is 118 Å². The first-order chi connectivity index (χ1) is 9.16. The van der Waals surface area contributed by atoms with Crippen LogP contribution in [0.5, 0.6) is 5.75 Å². The predicted octanol–water partition coefficient (Wildman–Crippen LogP) is 3.44. The van der Waals surface area contributed by atoms with Gasteiger partial charge in [0, 0.05) is 17.8 Å². The molecule has 0 atom stereocenters. The third-order valence-corrected chi connectivity index (χ3v) is 3.09. The van der Waals surface area contributed by atoms with E-state index in [1.54, 1.807) is 18.2 Å². The molecule has 0 aromatic heterocycles. The fraction of sp³-hybridized carbons (Fsp3) is 0.200. The topological polar surface area (TPSA) is 38.5 Å². The molecule has 2 N–H and O–H groups in total. The number of benzene rings is 2. The second kappa shape index (κ2) is 6.34. The smallest absolute Gasteiger partial charge is 0.142 e. The minimum Gasteiger partial charge on any atom is -0.490 e. The summed E-state index contributed by atoms with van der Waals surface area (Å²) in [5.74, 6) is 0.672. The van der Waals surface area contributed by atoms with E-state index in [9.17, 15) is 0 Å². The molecule has 0 radical (unpaired) electrons. The lowest BCUT2D eigenvalue weighted by Gasteiger charge is -2.19. The predicted molar refractivity (Wildman–Crippen MR) is 81.1 cm³/mol. The molecule has 0 aliphatic rings. The number of rotatable bonds is 5. The summed E-state index contributed by atoms with van der Waals surface area (Å²) >= 11 is 5.84. The number of hydrogen-bond donors (Lipinski definition) is 1. The van der Waals surface area contributed by atoms with E-state index in [0.29, 0.717) is 23.1 Å². The van der Waals surface area contributed by atoms with E-state index in [1.165, 1.54) is 0 Å². The molecule has 0 aliphatic carbocycles. The lowest BCUT2D eigenvalue weighted by Crippen LogP contribution is -2.23. The summed E-state index contributed by atoms with van der Waals surface area (Å²) in [7, 11) is 2.03. The van der Waals surface area contributed by atoms with E-state index in [0.717, 1.165) is 12.2 Å². The van der Waals surface area contributed by atoms with Gasteiger partial charge >= 0.3 is 0 Å². The second-order valence-corrected chi connectivity index (χ2v) is 4.72. The zero-order valence-electron chi connectivity index (χ0n) is 10.8. The highest BCUT2D eigenvalue weighted by Crippen LogP contribution is 2.24. The van der Waals surface area contributed by atoms with Gasteiger partial charge in [0.15, 0.2) is 0 Å². The molecule has 0 spiro atoms. The largest absolute Gasteiger partial charge is 0.490 e. The normalized spacial score (nSPS) is 10.2. The van der Waals surface area contributed by atoms with Crippen LogP contribution < -0.4 is 15.4 Å². The van der Waals surface area contributed by atoms with Crippen molar-refractivity contribution in [1.82, 2.24) is 0 Å². The Balaban J connectivity index is 1.86. The number of nitrogens with two attached hydrogens (primary N) is 1. The van der Waals surface area contributed by atoms with Crippen LogP contribution in [0, 0.1) is 0 Å². The number of nitrogens with zero attached hydrogens (tertiary/aromatic N) is 1. The number of likely N-dealkylation sites (N-methyl/N-ethyl adjacent to an activating group) is 1. The van der Waals surface area contributed by atoms with Gasteiger partial charge in [0.1, 0.15) is 12.4 Å². The monoisotopic (exact) mass is 276 g/mol. The highest BCUT2D eigenvalue weighted by atomic mass is 35.5. The van der Waals surface area contributed by atoms with Gasteiger partial charge in [-0.2, -0.15) is 0 Å². The molecule has 0 aliphatic heterocycles. The molecule has 0 amide bonds. The fourth-order valence-corrected chi connectivity index (χ4v) is 1.94. The van der Waals surface area contributed by atoms with Crippen LogP contribution in [-0.2, 0) is 0 Å². The van der Waals surface area contributed by atoms with Gasteiger partial charge in [-0.1, -0.05) is 29.8 Å². The first kappa shape index (κ1) is 13.6. The molecule has 0 unspecified atom stereocenters. The Morgan fingerprint density at radius 2 is 1.89 bits per heavy atom. The molecule has 100 valence electrons. The van der Waals surface area contributed by atoms with Crippen LogP contribution in [0.3, 0.4) is 0 Å². The number of para-hydroxylation sites is 1. The highest BCUT2D eigenvalue weighted by molar-refractivity contribution is 6.30. The third-order valence-electron chi connectivity index (χ3n) is 2.85. The molecule has 2 aromatic carbocycles. The molecule has 2 rings (SSSR count). The Hall–Kier alpha value is -1.87. The van der Waals surface area contributed by atoms with E-state index < -0.39 is 0 Å². The Morgan fingerprint density at radius 3 is 2.58 bits per heavy atom. The summed E-state index contributed by atoms with van der Waals surface area (Å²) in [5, 5.41) is 0.617. The van der Waals surface area contributed by atoms with E-state index in [2.05, 4.69) is 17.0 Å².